The van der Waals surface area contributed by atoms with Crippen LogP contribution in [0.4, 0.5) is 5.69 Å². The fraction of sp³-hybridized carbons (Fsp3) is 0.500. The highest BCUT2D eigenvalue weighted by molar-refractivity contribution is 5.51. The Morgan fingerprint density at radius 3 is 2.81 bits per heavy atom. The Hall–Kier alpha value is -1.88. The first-order valence-electron chi connectivity index (χ1n) is 7.38. The van der Waals surface area contributed by atoms with Crippen molar-refractivity contribution in [3.63, 3.8) is 0 Å². The molecule has 0 aromatic carbocycles. The molecule has 0 saturated carbocycles. The summed E-state index contributed by atoms with van der Waals surface area (Å²) in [6.07, 6.45) is 7.76. The van der Waals surface area contributed by atoms with Crippen molar-refractivity contribution >= 4 is 5.69 Å². The summed E-state index contributed by atoms with van der Waals surface area (Å²) in [7, 11) is 4.05. The Morgan fingerprint density at radius 2 is 2.14 bits per heavy atom. The van der Waals surface area contributed by atoms with Gasteiger partial charge in [-0.1, -0.05) is 13.8 Å². The number of pyridine rings is 1. The summed E-state index contributed by atoms with van der Waals surface area (Å²) in [6.45, 7) is 7.13. The predicted molar refractivity (Wildman–Crippen MR) is 86.1 cm³/mol. The van der Waals surface area contributed by atoms with Crippen molar-refractivity contribution in [1.82, 2.24) is 20.1 Å². The Kier molecular flexibility index (Phi) is 5.33. The fourth-order valence-electron chi connectivity index (χ4n) is 2.34. The van der Waals surface area contributed by atoms with Gasteiger partial charge in [-0.2, -0.15) is 5.10 Å². The molecule has 2 heterocycles. The minimum atomic E-state index is 0.651. The number of nitrogens with one attached hydrogen (secondary N) is 1. The van der Waals surface area contributed by atoms with Crippen molar-refractivity contribution in [2.75, 3.05) is 18.5 Å². The van der Waals surface area contributed by atoms with E-state index in [-0.39, 0.29) is 0 Å². The number of hydrogen-bond donors (Lipinski definition) is 1. The number of rotatable bonds is 7. The van der Waals surface area contributed by atoms with E-state index in [0.717, 1.165) is 19.6 Å². The van der Waals surface area contributed by atoms with Gasteiger partial charge >= 0.3 is 0 Å². The Labute approximate surface area is 127 Å². The molecule has 0 aliphatic carbocycles. The maximum Gasteiger partial charge on any atom is 0.0539 e. The Morgan fingerprint density at radius 1 is 1.33 bits per heavy atom. The molecule has 0 atom stereocenters. The van der Waals surface area contributed by atoms with E-state index < -0.39 is 0 Å². The minimum absolute atomic E-state index is 0.651. The summed E-state index contributed by atoms with van der Waals surface area (Å²) < 4.78 is 1.83. The normalized spacial score (nSPS) is 11.1. The van der Waals surface area contributed by atoms with E-state index in [1.807, 2.05) is 36.5 Å². The first-order valence-corrected chi connectivity index (χ1v) is 7.38. The SMILES string of the molecule is CC(C)CNCc1cnccc1N(C)Cc1cnn(C)c1. The van der Waals surface area contributed by atoms with Crippen LogP contribution in [-0.2, 0) is 20.1 Å². The van der Waals surface area contributed by atoms with Crippen LogP contribution in [0.25, 0.3) is 0 Å². The third kappa shape index (κ3) is 4.56. The number of anilines is 1. The molecule has 0 spiro atoms. The number of aryl methyl sites for hydroxylation is 1. The lowest BCUT2D eigenvalue weighted by atomic mass is 10.2. The van der Waals surface area contributed by atoms with Gasteiger partial charge in [-0.05, 0) is 18.5 Å². The van der Waals surface area contributed by atoms with Crippen molar-refractivity contribution < 1.29 is 0 Å². The van der Waals surface area contributed by atoms with E-state index in [0.29, 0.717) is 5.92 Å². The molecule has 0 aliphatic rings. The molecule has 0 unspecified atom stereocenters. The molecule has 0 amide bonds. The van der Waals surface area contributed by atoms with E-state index in [9.17, 15) is 0 Å². The minimum Gasteiger partial charge on any atom is -0.370 e. The van der Waals surface area contributed by atoms with Gasteiger partial charge in [-0.25, -0.2) is 0 Å². The molecule has 2 rings (SSSR count). The van der Waals surface area contributed by atoms with Crippen LogP contribution in [0.2, 0.25) is 0 Å². The fourth-order valence-corrected chi connectivity index (χ4v) is 2.34. The summed E-state index contributed by atoms with van der Waals surface area (Å²) in [4.78, 5) is 6.49. The van der Waals surface area contributed by atoms with Crippen molar-refractivity contribution in [1.29, 1.82) is 0 Å². The van der Waals surface area contributed by atoms with Gasteiger partial charge in [0.1, 0.15) is 0 Å². The van der Waals surface area contributed by atoms with Crippen LogP contribution in [0.15, 0.2) is 30.9 Å². The van der Waals surface area contributed by atoms with Gasteiger partial charge in [0.15, 0.2) is 0 Å². The van der Waals surface area contributed by atoms with Crippen molar-refractivity contribution in [2.24, 2.45) is 13.0 Å². The summed E-state index contributed by atoms with van der Waals surface area (Å²) in [5.41, 5.74) is 3.65. The van der Waals surface area contributed by atoms with Crippen LogP contribution in [0.3, 0.4) is 0 Å². The zero-order chi connectivity index (χ0) is 15.2. The monoisotopic (exact) mass is 287 g/mol. The summed E-state index contributed by atoms with van der Waals surface area (Å²) >= 11 is 0. The van der Waals surface area contributed by atoms with E-state index in [4.69, 9.17) is 0 Å². The molecule has 0 bridgehead atoms. The van der Waals surface area contributed by atoms with E-state index in [2.05, 4.69) is 47.3 Å². The lowest BCUT2D eigenvalue weighted by Crippen LogP contribution is -2.23. The number of hydrogen-bond acceptors (Lipinski definition) is 4. The van der Waals surface area contributed by atoms with Gasteiger partial charge in [-0.3, -0.25) is 9.67 Å². The molecule has 5 nitrogen and oxygen atoms in total. The second-order valence-electron chi connectivity index (χ2n) is 5.91. The molecule has 5 heteroatoms. The highest BCUT2D eigenvalue weighted by atomic mass is 15.2. The average Bonchev–Trinajstić information content (AvgIpc) is 2.84. The molecular formula is C16H25N5. The molecule has 0 radical (unpaired) electrons. The Balaban J connectivity index is 2.04. The second-order valence-corrected chi connectivity index (χ2v) is 5.91. The number of aromatic nitrogens is 3. The lowest BCUT2D eigenvalue weighted by Gasteiger charge is -2.22. The van der Waals surface area contributed by atoms with Gasteiger partial charge in [0, 0.05) is 62.6 Å². The quantitative estimate of drug-likeness (QED) is 0.848. The van der Waals surface area contributed by atoms with Crippen molar-refractivity contribution in [2.45, 2.75) is 26.9 Å². The summed E-state index contributed by atoms with van der Waals surface area (Å²) in [5.74, 6) is 0.651. The summed E-state index contributed by atoms with van der Waals surface area (Å²) in [5, 5.41) is 7.70. The standard InChI is InChI=1S/C16H25N5/c1-13(2)7-18-10-15-9-17-6-5-16(15)20(3)11-14-8-19-21(4)12-14/h5-6,8-9,12-13,18H,7,10-11H2,1-4H3. The van der Waals surface area contributed by atoms with Gasteiger partial charge < -0.3 is 10.2 Å². The Bertz CT molecular complexity index is 561. The van der Waals surface area contributed by atoms with E-state index in [1.165, 1.54) is 16.8 Å². The zero-order valence-corrected chi connectivity index (χ0v) is 13.4. The molecule has 2 aromatic heterocycles. The van der Waals surface area contributed by atoms with Crippen LogP contribution < -0.4 is 10.2 Å². The van der Waals surface area contributed by atoms with Crippen molar-refractivity contribution in [3.05, 3.63) is 42.0 Å². The third-order valence-corrected chi connectivity index (χ3v) is 3.34. The number of nitrogens with zero attached hydrogens (tertiary/aromatic N) is 4. The molecule has 0 saturated heterocycles. The first-order chi connectivity index (χ1) is 10.1. The first kappa shape index (κ1) is 15.5. The van der Waals surface area contributed by atoms with Crippen LogP contribution in [0, 0.1) is 5.92 Å². The molecule has 0 aliphatic heterocycles. The van der Waals surface area contributed by atoms with Gasteiger partial charge in [0.25, 0.3) is 0 Å². The predicted octanol–water partition coefficient (Wildman–Crippen LogP) is 2.20. The average molecular weight is 287 g/mol. The molecule has 1 N–H and O–H groups in total. The molecule has 114 valence electrons. The maximum atomic E-state index is 4.25. The van der Waals surface area contributed by atoms with Crippen molar-refractivity contribution in [3.8, 4) is 0 Å². The van der Waals surface area contributed by atoms with E-state index in [1.54, 1.807) is 0 Å². The maximum absolute atomic E-state index is 4.25. The largest absolute Gasteiger partial charge is 0.370 e. The third-order valence-electron chi connectivity index (χ3n) is 3.34. The lowest BCUT2D eigenvalue weighted by molar-refractivity contribution is 0.551. The van der Waals surface area contributed by atoms with Crippen LogP contribution in [0.5, 0.6) is 0 Å². The topological polar surface area (TPSA) is 46.0 Å². The van der Waals surface area contributed by atoms with Gasteiger partial charge in [-0.15, -0.1) is 0 Å². The molecule has 2 aromatic rings. The van der Waals surface area contributed by atoms with Crippen LogP contribution in [0.1, 0.15) is 25.0 Å². The van der Waals surface area contributed by atoms with Gasteiger partial charge in [0.05, 0.1) is 6.20 Å². The second kappa shape index (κ2) is 7.22. The summed E-state index contributed by atoms with van der Waals surface area (Å²) in [6, 6.07) is 2.07. The molecule has 0 fully saturated rings. The smallest absolute Gasteiger partial charge is 0.0539 e. The molecular weight excluding hydrogens is 262 g/mol. The van der Waals surface area contributed by atoms with Crippen LogP contribution >= 0.6 is 0 Å². The molecule has 21 heavy (non-hydrogen) atoms. The van der Waals surface area contributed by atoms with Gasteiger partial charge in [0.2, 0.25) is 0 Å². The van der Waals surface area contributed by atoms with E-state index >= 15 is 0 Å². The highest BCUT2D eigenvalue weighted by Crippen LogP contribution is 2.19. The highest BCUT2D eigenvalue weighted by Gasteiger charge is 2.09. The zero-order valence-electron chi connectivity index (χ0n) is 13.4. The van der Waals surface area contributed by atoms with Crippen LogP contribution in [-0.4, -0.2) is 28.4 Å².